The molecule has 0 aliphatic heterocycles. The topological polar surface area (TPSA) is 96.6 Å². The molecule has 0 atom stereocenters. The molecule has 0 saturated carbocycles. The van der Waals surface area contributed by atoms with Crippen LogP contribution in [0.3, 0.4) is 0 Å². The van der Waals surface area contributed by atoms with Gasteiger partial charge < -0.3 is 17.8 Å². The zero-order valence-corrected chi connectivity index (χ0v) is 13.5. The Morgan fingerprint density at radius 1 is 0.680 bits per heavy atom. The summed E-state index contributed by atoms with van der Waals surface area (Å²) in [7, 11) is -4.76. The van der Waals surface area contributed by atoms with E-state index in [-0.39, 0.29) is 16.0 Å². The molecule has 7 heteroatoms. The molecule has 6 nitrogen and oxygen atoms in total. The summed E-state index contributed by atoms with van der Waals surface area (Å²) in [6.45, 7) is 0. The van der Waals surface area contributed by atoms with Crippen LogP contribution in [0.25, 0.3) is 33.4 Å². The summed E-state index contributed by atoms with van der Waals surface area (Å²) in [5.41, 5.74) is 2.96. The van der Waals surface area contributed by atoms with Crippen molar-refractivity contribution in [1.82, 2.24) is 0 Å². The first-order valence-corrected chi connectivity index (χ1v) is 8.66. The molecule has 3 heterocycles. The highest BCUT2D eigenvalue weighted by atomic mass is 32.2. The Bertz CT molecular complexity index is 1030. The van der Waals surface area contributed by atoms with Crippen LogP contribution in [0, 0.1) is 0 Å². The van der Waals surface area contributed by atoms with E-state index in [0.717, 1.165) is 5.56 Å². The van der Waals surface area contributed by atoms with Gasteiger partial charge in [0.05, 0.1) is 42.5 Å². The number of rotatable bonds is 4. The lowest BCUT2D eigenvalue weighted by molar-refractivity contribution is 0.463. The molecular weight excluding hydrogens is 344 g/mol. The zero-order valence-electron chi connectivity index (χ0n) is 12.7. The quantitative estimate of drug-likeness (QED) is 0.504. The third kappa shape index (κ3) is 2.79. The van der Waals surface area contributed by atoms with E-state index in [0.29, 0.717) is 16.7 Å². The Labute approximate surface area is 143 Å². The molecule has 0 radical (unpaired) electrons. The third-order valence-electron chi connectivity index (χ3n) is 3.86. The van der Waals surface area contributed by atoms with Gasteiger partial charge in [0.1, 0.15) is 10.1 Å². The van der Waals surface area contributed by atoms with E-state index in [9.17, 15) is 13.0 Å². The van der Waals surface area contributed by atoms with E-state index in [1.807, 2.05) is 0 Å². The van der Waals surface area contributed by atoms with Gasteiger partial charge in [0.15, 0.2) is 0 Å². The Kier molecular flexibility index (Phi) is 3.60. The molecule has 126 valence electrons. The first kappa shape index (κ1) is 15.5. The highest BCUT2D eigenvalue weighted by Gasteiger charge is 2.21. The Morgan fingerprint density at radius 3 is 1.48 bits per heavy atom. The molecule has 0 N–H and O–H groups in total. The largest absolute Gasteiger partial charge is 0.744 e. The fourth-order valence-corrected chi connectivity index (χ4v) is 3.65. The fourth-order valence-electron chi connectivity index (χ4n) is 2.76. The third-order valence-corrected chi connectivity index (χ3v) is 4.80. The summed E-state index contributed by atoms with van der Waals surface area (Å²) < 4.78 is 51.3. The smallest absolute Gasteiger partial charge is 0.125 e. The van der Waals surface area contributed by atoms with Crippen LogP contribution in [0.4, 0.5) is 0 Å². The molecule has 25 heavy (non-hydrogen) atoms. The van der Waals surface area contributed by atoms with Gasteiger partial charge in [-0.1, -0.05) is 0 Å². The maximum absolute atomic E-state index is 12.0. The second kappa shape index (κ2) is 5.80. The van der Waals surface area contributed by atoms with Crippen LogP contribution in [0.15, 0.2) is 86.1 Å². The predicted molar refractivity (Wildman–Crippen MR) is 87.5 cm³/mol. The van der Waals surface area contributed by atoms with Gasteiger partial charge in [0.25, 0.3) is 0 Å². The van der Waals surface area contributed by atoms with Gasteiger partial charge in [-0.05, 0) is 35.9 Å². The fraction of sp³-hybridized carbons (Fsp3) is 0. The summed E-state index contributed by atoms with van der Waals surface area (Å²) in [6.07, 6.45) is 8.67. The van der Waals surface area contributed by atoms with Crippen molar-refractivity contribution in [1.29, 1.82) is 0 Å². The standard InChI is InChI=1S/C18H12O6S/c19-25(20,21)18-16(13-2-5-23-10-13)7-15(12-1-4-22-9-12)8-17(18)14-3-6-24-11-14/h1-11H,(H,19,20,21)/p-1. The Balaban J connectivity index is 2.11. The van der Waals surface area contributed by atoms with E-state index < -0.39 is 10.1 Å². The van der Waals surface area contributed by atoms with E-state index in [1.54, 1.807) is 36.6 Å². The molecule has 0 spiro atoms. The molecule has 0 aliphatic rings. The molecule has 0 unspecified atom stereocenters. The SMILES string of the molecule is O=S(=O)([O-])c1c(-c2ccoc2)cc(-c2ccoc2)cc1-c1ccoc1. The van der Waals surface area contributed by atoms with Gasteiger partial charge >= 0.3 is 0 Å². The molecule has 4 aromatic rings. The van der Waals surface area contributed by atoms with Crippen LogP contribution in [0.2, 0.25) is 0 Å². The normalized spacial score (nSPS) is 11.7. The highest BCUT2D eigenvalue weighted by molar-refractivity contribution is 7.86. The van der Waals surface area contributed by atoms with Crippen LogP contribution in [0.5, 0.6) is 0 Å². The first-order chi connectivity index (χ1) is 12.0. The summed E-state index contributed by atoms with van der Waals surface area (Å²) in [6, 6.07) is 8.21. The highest BCUT2D eigenvalue weighted by Crippen LogP contribution is 2.40. The van der Waals surface area contributed by atoms with Gasteiger partial charge in [-0.3, -0.25) is 0 Å². The second-order valence-corrected chi connectivity index (χ2v) is 6.71. The average Bonchev–Trinajstić information content (AvgIpc) is 3.36. The van der Waals surface area contributed by atoms with Crippen LogP contribution >= 0.6 is 0 Å². The number of hydrogen-bond acceptors (Lipinski definition) is 6. The second-order valence-electron chi connectivity index (χ2n) is 5.39. The van der Waals surface area contributed by atoms with Crippen LogP contribution in [0.1, 0.15) is 0 Å². The summed E-state index contributed by atoms with van der Waals surface area (Å²) >= 11 is 0. The van der Waals surface area contributed by atoms with Crippen molar-refractivity contribution in [2.75, 3.05) is 0 Å². The molecule has 0 aliphatic carbocycles. The molecule has 0 saturated heterocycles. The van der Waals surface area contributed by atoms with Crippen LogP contribution in [-0.2, 0) is 10.1 Å². The van der Waals surface area contributed by atoms with Crippen molar-refractivity contribution in [3.63, 3.8) is 0 Å². The molecule has 0 fully saturated rings. The molecule has 3 aromatic heterocycles. The van der Waals surface area contributed by atoms with Crippen molar-refractivity contribution < 1.29 is 26.2 Å². The molecule has 4 rings (SSSR count). The minimum Gasteiger partial charge on any atom is -0.744 e. The van der Waals surface area contributed by atoms with Gasteiger partial charge in [0.2, 0.25) is 0 Å². The van der Waals surface area contributed by atoms with Crippen molar-refractivity contribution >= 4 is 10.1 Å². The molecule has 0 amide bonds. The van der Waals surface area contributed by atoms with E-state index in [4.69, 9.17) is 13.3 Å². The van der Waals surface area contributed by atoms with Gasteiger partial charge in [-0.15, -0.1) is 0 Å². The van der Waals surface area contributed by atoms with E-state index >= 15 is 0 Å². The van der Waals surface area contributed by atoms with Crippen molar-refractivity contribution in [2.45, 2.75) is 4.90 Å². The predicted octanol–water partition coefficient (Wildman–Crippen LogP) is 4.37. The maximum atomic E-state index is 12.0. The minimum atomic E-state index is -4.76. The van der Waals surface area contributed by atoms with Crippen molar-refractivity contribution in [3.8, 4) is 33.4 Å². The number of furan rings is 3. The van der Waals surface area contributed by atoms with Crippen LogP contribution < -0.4 is 0 Å². The molecular formula is C18H11O6S-. The lowest BCUT2D eigenvalue weighted by Crippen LogP contribution is -2.04. The van der Waals surface area contributed by atoms with Crippen molar-refractivity contribution in [3.05, 3.63) is 67.9 Å². The number of hydrogen-bond donors (Lipinski definition) is 0. The monoisotopic (exact) mass is 355 g/mol. The number of benzene rings is 1. The van der Waals surface area contributed by atoms with Gasteiger partial charge in [-0.2, -0.15) is 0 Å². The lowest BCUT2D eigenvalue weighted by atomic mass is 9.96. The lowest BCUT2D eigenvalue weighted by Gasteiger charge is -2.18. The minimum absolute atomic E-state index is 0.263. The average molecular weight is 355 g/mol. The molecule has 0 bridgehead atoms. The van der Waals surface area contributed by atoms with E-state index in [1.165, 1.54) is 31.3 Å². The van der Waals surface area contributed by atoms with Gasteiger partial charge in [-0.25, -0.2) is 8.42 Å². The first-order valence-electron chi connectivity index (χ1n) is 7.26. The van der Waals surface area contributed by atoms with Crippen LogP contribution in [-0.4, -0.2) is 13.0 Å². The van der Waals surface area contributed by atoms with Crippen molar-refractivity contribution in [2.24, 2.45) is 0 Å². The van der Waals surface area contributed by atoms with Gasteiger partial charge in [0, 0.05) is 27.8 Å². The maximum Gasteiger partial charge on any atom is 0.125 e. The van der Waals surface area contributed by atoms with E-state index in [2.05, 4.69) is 0 Å². The summed E-state index contributed by atoms with van der Waals surface area (Å²) in [4.78, 5) is -0.317. The summed E-state index contributed by atoms with van der Waals surface area (Å²) in [5, 5.41) is 0. The zero-order chi connectivity index (χ0) is 17.4. The summed E-state index contributed by atoms with van der Waals surface area (Å²) in [5.74, 6) is 0. The Hall–Kier alpha value is -3.03. The Morgan fingerprint density at radius 2 is 1.12 bits per heavy atom. The molecule has 1 aromatic carbocycles.